The van der Waals surface area contributed by atoms with Crippen molar-refractivity contribution in [2.24, 2.45) is 0 Å². The molecule has 0 aromatic heterocycles. The smallest absolute Gasteiger partial charge is 0.0849 e. The highest BCUT2D eigenvalue weighted by atomic mass is 19.1. The zero-order chi connectivity index (χ0) is 6.95. The molecule has 0 heterocycles. The van der Waals surface area contributed by atoms with E-state index in [4.69, 9.17) is 0 Å². The van der Waals surface area contributed by atoms with Crippen molar-refractivity contribution >= 4 is 0 Å². The van der Waals surface area contributed by atoms with Gasteiger partial charge in [-0.2, -0.15) is 0 Å². The van der Waals surface area contributed by atoms with Crippen LogP contribution in [0.5, 0.6) is 0 Å². The molecule has 0 amide bonds. The Hall–Kier alpha value is -0.700. The predicted molar refractivity (Wildman–Crippen MR) is 31.3 cm³/mol. The maximum Gasteiger partial charge on any atom is 0.0849 e. The summed E-state index contributed by atoms with van der Waals surface area (Å²) in [5.41, 5.74) is 0. The van der Waals surface area contributed by atoms with Gasteiger partial charge in [-0.1, -0.05) is 0 Å². The van der Waals surface area contributed by atoms with Gasteiger partial charge in [0.1, 0.15) is 0 Å². The normalized spacial score (nSPS) is 11.8. The van der Waals surface area contributed by atoms with Gasteiger partial charge in [-0.3, -0.25) is 0 Å². The number of hydrogen-bond acceptors (Lipinski definition) is 1. The molecule has 0 saturated carbocycles. The Labute approximate surface area is 52.6 Å². The first-order valence-electron chi connectivity index (χ1n) is 2.50. The minimum atomic E-state index is 0.181. The van der Waals surface area contributed by atoms with E-state index in [0.717, 1.165) is 0 Å². The van der Waals surface area contributed by atoms with Crippen molar-refractivity contribution in [1.29, 1.82) is 0 Å². The van der Waals surface area contributed by atoms with Crippen LogP contribution in [-0.4, -0.2) is 13.2 Å². The molecule has 0 aliphatic rings. The molecule has 0 aromatic rings. The molecule has 0 unspecified atom stereocenters. The minimum Gasteiger partial charge on any atom is -0.373 e. The first-order valence-corrected chi connectivity index (χ1v) is 2.50. The quantitative estimate of drug-likeness (QED) is 0.534. The third-order valence-electron chi connectivity index (χ3n) is 0.606. The Kier molecular flexibility index (Phi) is 6.73. The van der Waals surface area contributed by atoms with E-state index in [2.05, 4.69) is 4.74 Å². The molecule has 3 heteroatoms. The second-order valence-electron chi connectivity index (χ2n) is 1.26. The monoisotopic (exact) mass is 134 g/mol. The molecular formula is C6H8F2O. The van der Waals surface area contributed by atoms with Gasteiger partial charge in [0.25, 0.3) is 0 Å². The van der Waals surface area contributed by atoms with E-state index < -0.39 is 0 Å². The zero-order valence-electron chi connectivity index (χ0n) is 4.89. The van der Waals surface area contributed by atoms with Crippen molar-refractivity contribution in [3.63, 3.8) is 0 Å². The summed E-state index contributed by atoms with van der Waals surface area (Å²) in [5, 5.41) is 0. The summed E-state index contributed by atoms with van der Waals surface area (Å²) in [7, 11) is 0. The van der Waals surface area contributed by atoms with Crippen molar-refractivity contribution in [1.82, 2.24) is 0 Å². The summed E-state index contributed by atoms with van der Waals surface area (Å²) >= 11 is 0. The van der Waals surface area contributed by atoms with Crippen molar-refractivity contribution in [3.8, 4) is 0 Å². The molecule has 0 N–H and O–H groups in total. The van der Waals surface area contributed by atoms with Gasteiger partial charge in [-0.15, -0.1) is 0 Å². The summed E-state index contributed by atoms with van der Waals surface area (Å²) in [6.45, 7) is 0.363. The number of ether oxygens (including phenoxy) is 1. The molecule has 0 saturated heterocycles. The zero-order valence-corrected chi connectivity index (χ0v) is 4.89. The lowest BCUT2D eigenvalue weighted by atomic mass is 10.6. The highest BCUT2D eigenvalue weighted by Gasteiger charge is 1.76. The summed E-state index contributed by atoms with van der Waals surface area (Å²) in [6.07, 6.45) is 3.18. The van der Waals surface area contributed by atoms with Crippen LogP contribution in [-0.2, 0) is 4.74 Å². The Morgan fingerprint density at radius 1 is 1.00 bits per heavy atom. The van der Waals surface area contributed by atoms with Gasteiger partial charge >= 0.3 is 0 Å². The van der Waals surface area contributed by atoms with E-state index in [0.29, 0.717) is 12.7 Å². The van der Waals surface area contributed by atoms with E-state index >= 15 is 0 Å². The van der Waals surface area contributed by atoms with Crippen LogP contribution in [0.3, 0.4) is 0 Å². The summed E-state index contributed by atoms with van der Waals surface area (Å²) in [4.78, 5) is 0. The van der Waals surface area contributed by atoms with Crippen molar-refractivity contribution in [2.45, 2.75) is 0 Å². The average molecular weight is 134 g/mol. The Bertz CT molecular complexity index is 87.2. The van der Waals surface area contributed by atoms with Crippen LogP contribution >= 0.6 is 0 Å². The van der Waals surface area contributed by atoms with Gasteiger partial charge in [0.2, 0.25) is 0 Å². The fourth-order valence-electron chi connectivity index (χ4n) is 0.277. The van der Waals surface area contributed by atoms with Crippen LogP contribution in [0, 0.1) is 0 Å². The number of halogens is 2. The molecule has 0 radical (unpaired) electrons. The third kappa shape index (κ3) is 7.30. The molecular weight excluding hydrogens is 126 g/mol. The molecule has 0 bridgehead atoms. The maximum absolute atomic E-state index is 11.1. The Morgan fingerprint density at radius 2 is 1.44 bits per heavy atom. The predicted octanol–water partition coefficient (Wildman–Crippen LogP) is 1.97. The molecule has 9 heavy (non-hydrogen) atoms. The molecule has 52 valence electrons. The molecule has 0 spiro atoms. The van der Waals surface area contributed by atoms with Gasteiger partial charge in [0.05, 0.1) is 25.9 Å². The topological polar surface area (TPSA) is 9.23 Å². The van der Waals surface area contributed by atoms with Crippen molar-refractivity contribution < 1.29 is 13.5 Å². The van der Waals surface area contributed by atoms with Crippen LogP contribution in [0.1, 0.15) is 0 Å². The Morgan fingerprint density at radius 3 is 1.78 bits per heavy atom. The van der Waals surface area contributed by atoms with E-state index in [-0.39, 0.29) is 13.2 Å². The Balaban J connectivity index is 2.91. The second-order valence-corrected chi connectivity index (χ2v) is 1.26. The highest BCUT2D eigenvalue weighted by molar-refractivity contribution is 4.74. The first kappa shape index (κ1) is 8.30. The van der Waals surface area contributed by atoms with E-state index in [1.165, 1.54) is 12.2 Å². The number of hydrogen-bond donors (Lipinski definition) is 0. The minimum absolute atomic E-state index is 0.181. The molecule has 0 rings (SSSR count). The van der Waals surface area contributed by atoms with Crippen molar-refractivity contribution in [3.05, 3.63) is 24.8 Å². The van der Waals surface area contributed by atoms with Gasteiger partial charge in [0.15, 0.2) is 0 Å². The van der Waals surface area contributed by atoms with Gasteiger partial charge in [0, 0.05) is 0 Å². The summed E-state index contributed by atoms with van der Waals surface area (Å²) in [6, 6.07) is 0. The van der Waals surface area contributed by atoms with E-state index in [1.807, 2.05) is 0 Å². The maximum atomic E-state index is 11.1. The number of rotatable bonds is 4. The lowest BCUT2D eigenvalue weighted by molar-refractivity contribution is 0.192. The van der Waals surface area contributed by atoms with Crippen LogP contribution in [0.2, 0.25) is 0 Å². The lowest BCUT2D eigenvalue weighted by Crippen LogP contribution is -1.88. The van der Waals surface area contributed by atoms with E-state index in [9.17, 15) is 8.78 Å². The van der Waals surface area contributed by atoms with E-state index in [1.54, 1.807) is 0 Å². The fraction of sp³-hybridized carbons (Fsp3) is 0.333. The molecule has 0 atom stereocenters. The van der Waals surface area contributed by atoms with Gasteiger partial charge in [-0.25, -0.2) is 8.78 Å². The standard InChI is InChI=1S/C6H8F2O/c7-3-1-5-9-6-2-4-8/h1-4H,5-6H2. The van der Waals surface area contributed by atoms with Gasteiger partial charge < -0.3 is 4.74 Å². The van der Waals surface area contributed by atoms with Crippen molar-refractivity contribution in [2.75, 3.05) is 13.2 Å². The highest BCUT2D eigenvalue weighted by Crippen LogP contribution is 1.80. The first-order chi connectivity index (χ1) is 4.41. The van der Waals surface area contributed by atoms with Crippen LogP contribution < -0.4 is 0 Å². The largest absolute Gasteiger partial charge is 0.373 e. The fourth-order valence-corrected chi connectivity index (χ4v) is 0.277. The lowest BCUT2D eigenvalue weighted by Gasteiger charge is -1.90. The average Bonchev–Trinajstić information content (AvgIpc) is 1.89. The molecule has 0 aliphatic heterocycles. The SMILES string of the molecule is FC=CCOCC=CF. The molecule has 0 aromatic carbocycles. The van der Waals surface area contributed by atoms with Crippen LogP contribution in [0.25, 0.3) is 0 Å². The third-order valence-corrected chi connectivity index (χ3v) is 0.606. The summed E-state index contributed by atoms with van der Waals surface area (Å²) < 4.78 is 27.0. The molecule has 1 nitrogen and oxygen atoms in total. The van der Waals surface area contributed by atoms with Crippen LogP contribution in [0.15, 0.2) is 24.8 Å². The molecule has 0 fully saturated rings. The van der Waals surface area contributed by atoms with Crippen LogP contribution in [0.4, 0.5) is 8.78 Å². The molecule has 0 aliphatic carbocycles. The second kappa shape index (κ2) is 7.30. The van der Waals surface area contributed by atoms with Gasteiger partial charge in [-0.05, 0) is 12.2 Å². The summed E-state index contributed by atoms with van der Waals surface area (Å²) in [5.74, 6) is 0.